The summed E-state index contributed by atoms with van der Waals surface area (Å²) in [6.45, 7) is 0. The van der Waals surface area contributed by atoms with Gasteiger partial charge in [-0.25, -0.2) is 0 Å². The normalized spacial score (nSPS) is 21.7. The van der Waals surface area contributed by atoms with Crippen LogP contribution in [0.4, 0.5) is 0 Å². The molecule has 3 fully saturated rings. The van der Waals surface area contributed by atoms with E-state index in [1.54, 1.807) is 0 Å². The Morgan fingerprint density at radius 3 is 1.11 bits per heavy atom. The van der Waals surface area contributed by atoms with Crippen molar-refractivity contribution in [2.75, 3.05) is 0 Å². The Morgan fingerprint density at radius 2 is 0.778 bits per heavy atom. The zero-order valence-corrected chi connectivity index (χ0v) is 22.9. The third-order valence-electron chi connectivity index (χ3n) is 7.44. The molecule has 0 amide bonds. The Morgan fingerprint density at radius 1 is 0.472 bits per heavy atom. The fourth-order valence-corrected chi connectivity index (χ4v) is 9.64. The highest BCUT2D eigenvalue weighted by atomic mass is 32.2. The molecule has 3 aliphatic carbocycles. The van der Waals surface area contributed by atoms with Gasteiger partial charge in [0.25, 0.3) is 0 Å². The molecule has 1 aromatic carbocycles. The van der Waals surface area contributed by atoms with E-state index in [1.165, 1.54) is 18.2 Å². The second-order valence-electron chi connectivity index (χ2n) is 10.1. The Hall–Kier alpha value is -1.53. The lowest BCUT2D eigenvalue weighted by atomic mass is 10.0. The SMILES string of the molecule is O=S(=O)(Oc1cccc(OS(=O)(=O)C2CCCCC2)c1OS(=O)(=O)C1CCCCC1)C1CCCCC1. The quantitative estimate of drug-likeness (QED) is 0.388. The summed E-state index contributed by atoms with van der Waals surface area (Å²) in [4.78, 5) is 0. The molecule has 9 nitrogen and oxygen atoms in total. The van der Waals surface area contributed by atoms with Crippen LogP contribution in [0.25, 0.3) is 0 Å². The maximum atomic E-state index is 13.2. The van der Waals surface area contributed by atoms with Gasteiger partial charge in [0.05, 0.1) is 15.7 Å². The van der Waals surface area contributed by atoms with Gasteiger partial charge in [-0.2, -0.15) is 25.3 Å². The largest absolute Gasteiger partial charge is 0.378 e. The predicted octanol–water partition coefficient (Wildman–Crippen LogP) is 4.81. The lowest BCUT2D eigenvalue weighted by molar-refractivity contribution is 0.392. The molecule has 0 aliphatic heterocycles. The van der Waals surface area contributed by atoms with E-state index in [1.807, 2.05) is 0 Å². The van der Waals surface area contributed by atoms with Crippen LogP contribution in [-0.4, -0.2) is 41.0 Å². The molecule has 12 heteroatoms. The second kappa shape index (κ2) is 11.5. The van der Waals surface area contributed by atoms with Gasteiger partial charge in [0, 0.05) is 0 Å². The van der Waals surface area contributed by atoms with Gasteiger partial charge >= 0.3 is 30.4 Å². The first-order chi connectivity index (χ1) is 17.1. The van der Waals surface area contributed by atoms with Crippen LogP contribution < -0.4 is 12.5 Å². The van der Waals surface area contributed by atoms with Crippen molar-refractivity contribution in [3.05, 3.63) is 18.2 Å². The average Bonchev–Trinajstić information content (AvgIpc) is 2.87. The van der Waals surface area contributed by atoms with Gasteiger partial charge in [-0.15, -0.1) is 0 Å². The zero-order chi connectivity index (χ0) is 25.8. The Kier molecular flexibility index (Phi) is 8.76. The molecule has 1 aromatic rings. The molecule has 0 aromatic heterocycles. The van der Waals surface area contributed by atoms with E-state index in [9.17, 15) is 25.3 Å². The summed E-state index contributed by atoms with van der Waals surface area (Å²) in [6.07, 6.45) is 9.97. The number of hydrogen-bond donors (Lipinski definition) is 0. The van der Waals surface area contributed by atoms with Crippen molar-refractivity contribution in [3.63, 3.8) is 0 Å². The Bertz CT molecular complexity index is 1140. The summed E-state index contributed by atoms with van der Waals surface area (Å²) in [5, 5.41) is -2.20. The molecule has 0 atom stereocenters. The molecule has 0 spiro atoms. The highest BCUT2D eigenvalue weighted by molar-refractivity contribution is 7.88. The van der Waals surface area contributed by atoms with Gasteiger partial charge in [-0.3, -0.25) is 0 Å². The van der Waals surface area contributed by atoms with Crippen molar-refractivity contribution in [2.24, 2.45) is 0 Å². The number of benzene rings is 1. The van der Waals surface area contributed by atoms with E-state index in [0.717, 1.165) is 57.8 Å². The lowest BCUT2D eigenvalue weighted by Gasteiger charge is -2.25. The van der Waals surface area contributed by atoms with Crippen molar-refractivity contribution in [1.29, 1.82) is 0 Å². The summed E-state index contributed by atoms with van der Waals surface area (Å²) in [6, 6.07) is 3.91. The van der Waals surface area contributed by atoms with E-state index in [4.69, 9.17) is 12.5 Å². The minimum atomic E-state index is -4.19. The van der Waals surface area contributed by atoms with Crippen molar-refractivity contribution < 1.29 is 37.8 Å². The predicted molar refractivity (Wildman–Crippen MR) is 136 cm³/mol. The summed E-state index contributed by atoms with van der Waals surface area (Å²) in [5.74, 6) is -1.28. The Balaban J connectivity index is 1.68. The highest BCUT2D eigenvalue weighted by Crippen LogP contribution is 2.42. The van der Waals surface area contributed by atoms with Crippen LogP contribution in [0.5, 0.6) is 17.2 Å². The number of rotatable bonds is 9. The minimum absolute atomic E-state index is 0.378. The van der Waals surface area contributed by atoms with E-state index in [-0.39, 0.29) is 11.5 Å². The average molecular weight is 565 g/mol. The van der Waals surface area contributed by atoms with Crippen LogP contribution in [0.15, 0.2) is 18.2 Å². The smallest absolute Gasteiger partial charge is 0.312 e. The van der Waals surface area contributed by atoms with Crippen LogP contribution in [-0.2, 0) is 30.4 Å². The van der Waals surface area contributed by atoms with Gasteiger partial charge in [0.15, 0.2) is 11.5 Å². The summed E-state index contributed by atoms with van der Waals surface area (Å²) in [5.41, 5.74) is 0. The van der Waals surface area contributed by atoms with Crippen LogP contribution in [0.3, 0.4) is 0 Å². The third kappa shape index (κ3) is 6.66. The maximum absolute atomic E-state index is 13.2. The molecule has 0 radical (unpaired) electrons. The van der Waals surface area contributed by atoms with E-state index < -0.39 is 51.9 Å². The molecule has 0 bridgehead atoms. The summed E-state index contributed by atoms with van der Waals surface area (Å²) >= 11 is 0. The topological polar surface area (TPSA) is 130 Å². The molecule has 204 valence electrons. The minimum Gasteiger partial charge on any atom is -0.378 e. The first-order valence-corrected chi connectivity index (χ1v) is 17.4. The molecule has 36 heavy (non-hydrogen) atoms. The number of para-hydroxylation sites is 1. The monoisotopic (exact) mass is 564 g/mol. The first-order valence-electron chi connectivity index (χ1n) is 13.0. The molecule has 3 saturated carbocycles. The van der Waals surface area contributed by atoms with Gasteiger partial charge in [0.1, 0.15) is 0 Å². The standard InChI is InChI=1S/C24H36O9S3/c25-34(26,19-11-4-1-5-12-19)31-22-17-10-18-23(32-35(27,28)20-13-6-2-7-14-20)24(22)33-36(29,30)21-15-8-3-9-16-21/h10,17-21H,1-9,11-16H2. The van der Waals surface area contributed by atoms with E-state index >= 15 is 0 Å². The number of hydrogen-bond acceptors (Lipinski definition) is 9. The van der Waals surface area contributed by atoms with Crippen LogP contribution in [0, 0.1) is 0 Å². The van der Waals surface area contributed by atoms with Crippen molar-refractivity contribution >= 4 is 30.4 Å². The van der Waals surface area contributed by atoms with Crippen molar-refractivity contribution in [3.8, 4) is 17.2 Å². The van der Waals surface area contributed by atoms with Gasteiger partial charge < -0.3 is 12.5 Å². The molecule has 0 heterocycles. The summed E-state index contributed by atoms with van der Waals surface area (Å²) < 4.78 is 94.7. The molecular weight excluding hydrogens is 528 g/mol. The van der Waals surface area contributed by atoms with Crippen molar-refractivity contribution in [1.82, 2.24) is 0 Å². The van der Waals surface area contributed by atoms with E-state index in [0.29, 0.717) is 38.5 Å². The van der Waals surface area contributed by atoms with Crippen LogP contribution in [0.1, 0.15) is 96.3 Å². The molecule has 4 rings (SSSR count). The van der Waals surface area contributed by atoms with Crippen LogP contribution >= 0.6 is 0 Å². The lowest BCUT2D eigenvalue weighted by Crippen LogP contribution is -2.31. The summed E-state index contributed by atoms with van der Waals surface area (Å²) in [7, 11) is -12.4. The van der Waals surface area contributed by atoms with Gasteiger partial charge in [-0.1, -0.05) is 63.9 Å². The van der Waals surface area contributed by atoms with E-state index in [2.05, 4.69) is 0 Å². The fourth-order valence-electron chi connectivity index (χ4n) is 5.34. The zero-order valence-electron chi connectivity index (χ0n) is 20.5. The molecule has 0 N–H and O–H groups in total. The molecule has 3 aliphatic rings. The van der Waals surface area contributed by atoms with Gasteiger partial charge in [-0.05, 0) is 50.7 Å². The maximum Gasteiger partial charge on any atom is 0.312 e. The van der Waals surface area contributed by atoms with Crippen molar-refractivity contribution in [2.45, 2.75) is 112 Å². The molecule has 0 unspecified atom stereocenters. The third-order valence-corrected chi connectivity index (χ3v) is 12.5. The fraction of sp³-hybridized carbons (Fsp3) is 0.750. The van der Waals surface area contributed by atoms with Crippen LogP contribution in [0.2, 0.25) is 0 Å². The first kappa shape index (κ1) is 27.5. The second-order valence-corrected chi connectivity index (χ2v) is 15.5. The molecule has 0 saturated heterocycles. The molecular formula is C24H36O9S3. The Labute approximate surface area is 215 Å². The van der Waals surface area contributed by atoms with Gasteiger partial charge in [0.2, 0.25) is 5.75 Å². The highest BCUT2D eigenvalue weighted by Gasteiger charge is 2.36.